The lowest BCUT2D eigenvalue weighted by molar-refractivity contribution is 0.208. The maximum Gasteiger partial charge on any atom is 0.261 e. The molecule has 0 amide bonds. The Hall–Kier alpha value is -1.83. The van der Waals surface area contributed by atoms with E-state index in [0.717, 1.165) is 25.6 Å². The van der Waals surface area contributed by atoms with Gasteiger partial charge in [0.1, 0.15) is 17.7 Å². The summed E-state index contributed by atoms with van der Waals surface area (Å²) in [6, 6.07) is 9.46. The van der Waals surface area contributed by atoms with Gasteiger partial charge in [-0.1, -0.05) is 17.7 Å². The standard InChI is InChI=1S/C17H18ClFN2O3S/c1-21-8-7-14(11-21)24-17-10-13(5-6-16(17)18)20-25(22,23)15-4-2-3-12(19)9-15/h2-6,9-10,14,20H,7-8,11H2,1H3/t14-/m1/s1. The third-order valence-corrected chi connectivity index (χ3v) is 5.62. The van der Waals surface area contributed by atoms with Crippen LogP contribution in [0.25, 0.3) is 0 Å². The lowest BCUT2D eigenvalue weighted by Crippen LogP contribution is -2.21. The van der Waals surface area contributed by atoms with Crippen LogP contribution in [0, 0.1) is 5.82 Å². The highest BCUT2D eigenvalue weighted by Crippen LogP contribution is 2.31. The average molecular weight is 385 g/mol. The fraction of sp³-hybridized carbons (Fsp3) is 0.294. The maximum atomic E-state index is 13.3. The van der Waals surface area contributed by atoms with Crippen LogP contribution < -0.4 is 9.46 Å². The summed E-state index contributed by atoms with van der Waals surface area (Å²) in [6.07, 6.45) is 0.893. The number of ether oxygens (including phenoxy) is 1. The molecule has 2 aromatic carbocycles. The van der Waals surface area contributed by atoms with Crippen molar-refractivity contribution in [1.29, 1.82) is 0 Å². The van der Waals surface area contributed by atoms with Crippen LogP contribution in [0.2, 0.25) is 5.02 Å². The van der Waals surface area contributed by atoms with E-state index in [0.29, 0.717) is 16.5 Å². The molecule has 0 spiro atoms. The molecule has 25 heavy (non-hydrogen) atoms. The molecule has 1 fully saturated rings. The van der Waals surface area contributed by atoms with Crippen molar-refractivity contribution in [2.24, 2.45) is 0 Å². The Balaban J connectivity index is 1.80. The molecular weight excluding hydrogens is 367 g/mol. The van der Waals surface area contributed by atoms with Crippen LogP contribution >= 0.6 is 11.6 Å². The summed E-state index contributed by atoms with van der Waals surface area (Å²) in [7, 11) is -1.89. The highest BCUT2D eigenvalue weighted by Gasteiger charge is 2.22. The molecule has 0 aromatic heterocycles. The Morgan fingerprint density at radius 3 is 2.76 bits per heavy atom. The molecule has 0 bridgehead atoms. The number of hydrogen-bond acceptors (Lipinski definition) is 4. The molecule has 1 N–H and O–H groups in total. The molecule has 5 nitrogen and oxygen atoms in total. The van der Waals surface area contributed by atoms with E-state index in [4.69, 9.17) is 16.3 Å². The van der Waals surface area contributed by atoms with Gasteiger partial charge >= 0.3 is 0 Å². The third kappa shape index (κ3) is 4.42. The Morgan fingerprint density at radius 2 is 2.08 bits per heavy atom. The van der Waals surface area contributed by atoms with Crippen LogP contribution in [0.5, 0.6) is 5.75 Å². The van der Waals surface area contributed by atoms with E-state index in [9.17, 15) is 12.8 Å². The highest BCUT2D eigenvalue weighted by molar-refractivity contribution is 7.92. The van der Waals surface area contributed by atoms with Crippen molar-refractivity contribution in [1.82, 2.24) is 4.90 Å². The van der Waals surface area contributed by atoms with Crippen molar-refractivity contribution in [3.8, 4) is 5.75 Å². The Morgan fingerprint density at radius 1 is 1.28 bits per heavy atom. The first-order valence-corrected chi connectivity index (χ1v) is 9.63. The van der Waals surface area contributed by atoms with E-state index in [2.05, 4.69) is 9.62 Å². The molecule has 0 aliphatic carbocycles. The number of sulfonamides is 1. The average Bonchev–Trinajstić information content (AvgIpc) is 2.95. The van der Waals surface area contributed by atoms with Gasteiger partial charge < -0.3 is 9.64 Å². The number of rotatable bonds is 5. The van der Waals surface area contributed by atoms with Gasteiger partial charge in [-0.25, -0.2) is 12.8 Å². The fourth-order valence-corrected chi connectivity index (χ4v) is 3.92. The molecule has 3 rings (SSSR count). The number of likely N-dealkylation sites (tertiary alicyclic amines) is 1. The van der Waals surface area contributed by atoms with E-state index in [1.165, 1.54) is 30.3 Å². The van der Waals surface area contributed by atoms with Crippen LogP contribution in [-0.4, -0.2) is 39.6 Å². The largest absolute Gasteiger partial charge is 0.487 e. The summed E-state index contributed by atoms with van der Waals surface area (Å²) >= 11 is 6.15. The van der Waals surface area contributed by atoms with Crippen molar-refractivity contribution < 1.29 is 17.5 Å². The molecule has 1 aliphatic rings. The Kier molecular flexibility index (Phi) is 5.17. The molecule has 134 valence electrons. The topological polar surface area (TPSA) is 58.6 Å². The van der Waals surface area contributed by atoms with Crippen molar-refractivity contribution in [3.63, 3.8) is 0 Å². The summed E-state index contributed by atoms with van der Waals surface area (Å²) in [6.45, 7) is 1.73. The van der Waals surface area contributed by atoms with Crippen molar-refractivity contribution in [3.05, 3.63) is 53.3 Å². The van der Waals surface area contributed by atoms with Crippen molar-refractivity contribution >= 4 is 27.3 Å². The number of anilines is 1. The Labute approximate surface area is 151 Å². The fourth-order valence-electron chi connectivity index (χ4n) is 2.68. The van der Waals surface area contributed by atoms with Crippen LogP contribution in [-0.2, 0) is 10.0 Å². The zero-order valence-electron chi connectivity index (χ0n) is 13.6. The highest BCUT2D eigenvalue weighted by atomic mass is 35.5. The lowest BCUT2D eigenvalue weighted by atomic mass is 10.3. The molecule has 2 aromatic rings. The second-order valence-corrected chi connectivity index (χ2v) is 8.09. The normalized spacial score (nSPS) is 18.3. The van der Waals surface area contributed by atoms with Gasteiger partial charge in [-0.15, -0.1) is 0 Å². The first kappa shape index (κ1) is 18.0. The van der Waals surface area contributed by atoms with Gasteiger partial charge in [0.15, 0.2) is 0 Å². The second kappa shape index (κ2) is 7.19. The summed E-state index contributed by atoms with van der Waals surface area (Å²) in [5.74, 6) is -0.199. The number of hydrogen-bond donors (Lipinski definition) is 1. The first-order chi connectivity index (χ1) is 11.8. The van der Waals surface area contributed by atoms with Crippen molar-refractivity contribution in [2.45, 2.75) is 17.4 Å². The maximum absolute atomic E-state index is 13.3. The van der Waals surface area contributed by atoms with Crippen LogP contribution in [0.15, 0.2) is 47.4 Å². The van der Waals surface area contributed by atoms with Crippen LogP contribution in [0.3, 0.4) is 0 Å². The number of nitrogens with zero attached hydrogens (tertiary/aromatic N) is 1. The summed E-state index contributed by atoms with van der Waals surface area (Å²) in [5, 5.41) is 0.406. The summed E-state index contributed by atoms with van der Waals surface area (Å²) < 4.78 is 46.3. The lowest BCUT2D eigenvalue weighted by Gasteiger charge is -2.16. The van der Waals surface area contributed by atoms with Gasteiger partial charge in [-0.3, -0.25) is 4.72 Å². The first-order valence-electron chi connectivity index (χ1n) is 7.76. The Bertz CT molecular complexity index is 876. The minimum atomic E-state index is -3.90. The van der Waals surface area contributed by atoms with Gasteiger partial charge in [0.05, 0.1) is 15.6 Å². The molecule has 1 heterocycles. The number of nitrogens with one attached hydrogen (secondary N) is 1. The molecule has 0 saturated carbocycles. The van der Waals surface area contributed by atoms with E-state index >= 15 is 0 Å². The van der Waals surface area contributed by atoms with Gasteiger partial charge in [-0.2, -0.15) is 0 Å². The van der Waals surface area contributed by atoms with Crippen LogP contribution in [0.1, 0.15) is 6.42 Å². The predicted octanol–water partition coefficient (Wildman–Crippen LogP) is 3.36. The number of halogens is 2. The van der Waals surface area contributed by atoms with E-state index in [1.807, 2.05) is 7.05 Å². The summed E-state index contributed by atoms with van der Waals surface area (Å²) in [4.78, 5) is 2.00. The summed E-state index contributed by atoms with van der Waals surface area (Å²) in [5.41, 5.74) is 0.301. The molecular formula is C17H18ClFN2O3S. The predicted molar refractivity (Wildman–Crippen MR) is 95.2 cm³/mol. The molecule has 0 unspecified atom stereocenters. The van der Waals surface area contributed by atoms with Gasteiger partial charge in [0.2, 0.25) is 0 Å². The second-order valence-electron chi connectivity index (χ2n) is 6.00. The van der Waals surface area contributed by atoms with Gasteiger partial charge in [0, 0.05) is 19.2 Å². The van der Waals surface area contributed by atoms with Gasteiger partial charge in [0.25, 0.3) is 10.0 Å². The quantitative estimate of drug-likeness (QED) is 0.858. The zero-order chi connectivity index (χ0) is 18.0. The molecule has 1 saturated heterocycles. The zero-order valence-corrected chi connectivity index (χ0v) is 15.1. The molecule has 0 radical (unpaired) electrons. The number of benzene rings is 2. The molecule has 1 atom stereocenters. The third-order valence-electron chi connectivity index (χ3n) is 3.93. The van der Waals surface area contributed by atoms with Gasteiger partial charge in [-0.05, 0) is 43.8 Å². The van der Waals surface area contributed by atoms with E-state index in [-0.39, 0.29) is 11.0 Å². The van der Waals surface area contributed by atoms with E-state index in [1.54, 1.807) is 6.07 Å². The monoisotopic (exact) mass is 384 g/mol. The minimum absolute atomic E-state index is 0.0116. The SMILES string of the molecule is CN1CC[C@@H](Oc2cc(NS(=O)(=O)c3cccc(F)c3)ccc2Cl)C1. The smallest absolute Gasteiger partial charge is 0.261 e. The van der Waals surface area contributed by atoms with E-state index < -0.39 is 15.8 Å². The minimum Gasteiger partial charge on any atom is -0.487 e. The molecule has 1 aliphatic heterocycles. The number of likely N-dealkylation sites (N-methyl/N-ethyl adjacent to an activating group) is 1. The van der Waals surface area contributed by atoms with Crippen LogP contribution in [0.4, 0.5) is 10.1 Å². The molecule has 8 heteroatoms. The van der Waals surface area contributed by atoms with Crippen molar-refractivity contribution in [2.75, 3.05) is 24.9 Å².